The van der Waals surface area contributed by atoms with E-state index in [1.54, 1.807) is 0 Å². The van der Waals surface area contributed by atoms with E-state index in [0.29, 0.717) is 18.8 Å². The van der Waals surface area contributed by atoms with E-state index in [-0.39, 0.29) is 18.7 Å². The summed E-state index contributed by atoms with van der Waals surface area (Å²) in [5.74, 6) is -0.294. The van der Waals surface area contributed by atoms with Gasteiger partial charge in [0.05, 0.1) is 12.3 Å². The minimum absolute atomic E-state index is 0.0877. The van der Waals surface area contributed by atoms with E-state index >= 15 is 0 Å². The van der Waals surface area contributed by atoms with Crippen LogP contribution in [0.25, 0.3) is 0 Å². The number of rotatable bonds is 8. The largest absolute Gasteiger partial charge is 0.494 e. The van der Waals surface area contributed by atoms with Gasteiger partial charge in [0.25, 0.3) is 0 Å². The molecule has 0 saturated heterocycles. The lowest BCUT2D eigenvalue weighted by Crippen LogP contribution is -2.27. The van der Waals surface area contributed by atoms with Crippen LogP contribution >= 0.6 is 12.6 Å². The standard InChI is InChI=1S/C20H29N3O4S/c1-20(2,28)13-18(24)22-21-16-6-4-10-23(3)17-12-14(8-9-15(16)17)27-11-5-7-19(25)26/h8-9,12,28H,4-7,10-11,13H2,1-3H3,(H,22,24)(H,25,26). The second-order valence-electron chi connectivity index (χ2n) is 7.63. The summed E-state index contributed by atoms with van der Waals surface area (Å²) in [4.78, 5) is 24.8. The number of carboxylic acid groups (broad SMARTS) is 1. The fourth-order valence-electron chi connectivity index (χ4n) is 2.99. The molecule has 0 aliphatic carbocycles. The number of nitrogens with one attached hydrogen (secondary N) is 1. The molecule has 154 valence electrons. The van der Waals surface area contributed by atoms with E-state index in [4.69, 9.17) is 9.84 Å². The van der Waals surface area contributed by atoms with E-state index < -0.39 is 10.7 Å². The van der Waals surface area contributed by atoms with Gasteiger partial charge in [0.2, 0.25) is 5.91 Å². The van der Waals surface area contributed by atoms with E-state index in [1.807, 2.05) is 39.1 Å². The monoisotopic (exact) mass is 407 g/mol. The van der Waals surface area contributed by atoms with Gasteiger partial charge in [-0.3, -0.25) is 9.59 Å². The number of ether oxygens (including phenoxy) is 1. The molecule has 2 N–H and O–H groups in total. The van der Waals surface area contributed by atoms with Crippen molar-refractivity contribution in [3.8, 4) is 5.75 Å². The maximum atomic E-state index is 12.1. The predicted octanol–water partition coefficient (Wildman–Crippen LogP) is 3.08. The quantitative estimate of drug-likeness (QED) is 0.350. The van der Waals surface area contributed by atoms with Crippen molar-refractivity contribution in [3.63, 3.8) is 0 Å². The van der Waals surface area contributed by atoms with Crippen molar-refractivity contribution in [2.75, 3.05) is 25.1 Å². The smallest absolute Gasteiger partial charge is 0.303 e. The molecule has 0 bridgehead atoms. The molecule has 0 saturated carbocycles. The maximum Gasteiger partial charge on any atom is 0.303 e. The van der Waals surface area contributed by atoms with Gasteiger partial charge in [0.15, 0.2) is 0 Å². The first kappa shape index (κ1) is 22.1. The number of nitrogens with zero attached hydrogens (tertiary/aromatic N) is 2. The minimum atomic E-state index is -0.825. The molecule has 0 unspecified atom stereocenters. The van der Waals surface area contributed by atoms with Crippen LogP contribution in [0.4, 0.5) is 5.69 Å². The Hall–Kier alpha value is -2.22. The predicted molar refractivity (Wildman–Crippen MR) is 114 cm³/mol. The topological polar surface area (TPSA) is 91.2 Å². The molecule has 1 amide bonds. The third-order valence-electron chi connectivity index (χ3n) is 4.31. The molecular formula is C20H29N3O4S. The number of benzene rings is 1. The number of amides is 1. The van der Waals surface area contributed by atoms with Crippen LogP contribution in [0, 0.1) is 0 Å². The molecular weight excluding hydrogens is 378 g/mol. The van der Waals surface area contributed by atoms with Crippen LogP contribution in [-0.4, -0.2) is 47.6 Å². The third-order valence-corrected chi connectivity index (χ3v) is 4.47. The maximum absolute atomic E-state index is 12.1. The van der Waals surface area contributed by atoms with Crippen LogP contribution in [0.3, 0.4) is 0 Å². The lowest BCUT2D eigenvalue weighted by molar-refractivity contribution is -0.137. The number of hydrogen-bond donors (Lipinski definition) is 3. The van der Waals surface area contributed by atoms with Crippen molar-refractivity contribution in [1.82, 2.24) is 5.43 Å². The van der Waals surface area contributed by atoms with Gasteiger partial charge in [-0.15, -0.1) is 0 Å². The Morgan fingerprint density at radius 1 is 1.39 bits per heavy atom. The number of carbonyl (C=O) groups excluding carboxylic acids is 1. The molecule has 8 heteroatoms. The number of anilines is 1. The second-order valence-corrected chi connectivity index (χ2v) is 8.84. The Labute approximate surface area is 171 Å². The van der Waals surface area contributed by atoms with Crippen molar-refractivity contribution in [2.45, 2.75) is 50.7 Å². The first-order chi connectivity index (χ1) is 13.2. The van der Waals surface area contributed by atoms with Crippen LogP contribution in [0.15, 0.2) is 23.3 Å². The van der Waals surface area contributed by atoms with Crippen molar-refractivity contribution >= 4 is 35.9 Å². The van der Waals surface area contributed by atoms with Gasteiger partial charge >= 0.3 is 5.97 Å². The van der Waals surface area contributed by atoms with Crippen molar-refractivity contribution in [3.05, 3.63) is 23.8 Å². The van der Waals surface area contributed by atoms with Gasteiger partial charge < -0.3 is 14.7 Å². The van der Waals surface area contributed by atoms with E-state index in [9.17, 15) is 9.59 Å². The molecule has 1 aromatic carbocycles. The number of thiol groups is 1. The number of fused-ring (bicyclic) bond motifs is 1. The molecule has 2 rings (SSSR count). The molecule has 7 nitrogen and oxygen atoms in total. The molecule has 0 fully saturated rings. The molecule has 1 heterocycles. The summed E-state index contributed by atoms with van der Waals surface area (Å²) in [7, 11) is 2.01. The fraction of sp³-hybridized carbons (Fsp3) is 0.550. The highest BCUT2D eigenvalue weighted by Gasteiger charge is 2.20. The molecule has 28 heavy (non-hydrogen) atoms. The number of aliphatic carboxylic acids is 1. The number of hydrazone groups is 1. The summed E-state index contributed by atoms with van der Waals surface area (Å²) in [6.45, 7) is 4.99. The summed E-state index contributed by atoms with van der Waals surface area (Å²) in [6, 6.07) is 5.74. The molecule has 1 aliphatic rings. The van der Waals surface area contributed by atoms with Gasteiger partial charge in [0.1, 0.15) is 5.75 Å². The third kappa shape index (κ3) is 7.07. The molecule has 1 aromatic rings. The normalized spacial score (nSPS) is 15.7. The van der Waals surface area contributed by atoms with Crippen LogP contribution < -0.4 is 15.1 Å². The van der Waals surface area contributed by atoms with Crippen molar-refractivity contribution in [2.24, 2.45) is 5.10 Å². The summed E-state index contributed by atoms with van der Waals surface area (Å²) in [6.07, 6.45) is 2.52. The Kier molecular flexibility index (Phi) is 7.74. The molecule has 0 spiro atoms. The average molecular weight is 408 g/mol. The zero-order chi connectivity index (χ0) is 20.7. The number of carbonyl (C=O) groups is 2. The molecule has 1 aliphatic heterocycles. The highest BCUT2D eigenvalue weighted by Crippen LogP contribution is 2.30. The van der Waals surface area contributed by atoms with Gasteiger partial charge in [-0.05, 0) is 31.4 Å². The van der Waals surface area contributed by atoms with Crippen molar-refractivity contribution < 1.29 is 19.4 Å². The van der Waals surface area contributed by atoms with Crippen LogP contribution in [0.1, 0.15) is 51.5 Å². The van der Waals surface area contributed by atoms with E-state index in [2.05, 4.69) is 28.1 Å². The first-order valence-electron chi connectivity index (χ1n) is 9.43. The van der Waals surface area contributed by atoms with Crippen LogP contribution in [-0.2, 0) is 9.59 Å². The lowest BCUT2D eigenvalue weighted by Gasteiger charge is -2.20. The van der Waals surface area contributed by atoms with Crippen molar-refractivity contribution in [1.29, 1.82) is 0 Å². The molecule has 0 radical (unpaired) electrons. The summed E-state index contributed by atoms with van der Waals surface area (Å²) >= 11 is 4.38. The average Bonchev–Trinajstić information content (AvgIpc) is 2.74. The first-order valence-corrected chi connectivity index (χ1v) is 9.88. The lowest BCUT2D eigenvalue weighted by atomic mass is 10.1. The Morgan fingerprint density at radius 3 is 2.82 bits per heavy atom. The fourth-order valence-corrected chi connectivity index (χ4v) is 3.14. The van der Waals surface area contributed by atoms with Crippen LogP contribution in [0.5, 0.6) is 5.75 Å². The Morgan fingerprint density at radius 2 is 2.14 bits per heavy atom. The van der Waals surface area contributed by atoms with E-state index in [1.165, 1.54) is 0 Å². The SMILES string of the molecule is CN1CCCC(=NNC(=O)CC(C)(C)S)c2ccc(OCCCC(=O)O)cc21. The van der Waals surface area contributed by atoms with Crippen LogP contribution in [0.2, 0.25) is 0 Å². The summed E-state index contributed by atoms with van der Waals surface area (Å²) in [5.41, 5.74) is 5.43. The van der Waals surface area contributed by atoms with E-state index in [0.717, 1.165) is 36.3 Å². The highest BCUT2D eigenvalue weighted by molar-refractivity contribution is 7.81. The summed E-state index contributed by atoms with van der Waals surface area (Å²) in [5, 5.41) is 13.1. The molecule has 0 aromatic heterocycles. The highest BCUT2D eigenvalue weighted by atomic mass is 32.1. The van der Waals surface area contributed by atoms with Gasteiger partial charge in [0, 0.05) is 48.5 Å². The van der Waals surface area contributed by atoms with Gasteiger partial charge in [-0.1, -0.05) is 13.8 Å². The minimum Gasteiger partial charge on any atom is -0.494 e. The Bertz CT molecular complexity index is 743. The summed E-state index contributed by atoms with van der Waals surface area (Å²) < 4.78 is 5.30. The van der Waals surface area contributed by atoms with Gasteiger partial charge in [-0.2, -0.15) is 17.7 Å². The molecule has 0 atom stereocenters. The Balaban J connectivity index is 2.13. The number of carboxylic acids is 1. The van der Waals surface area contributed by atoms with Gasteiger partial charge in [-0.25, -0.2) is 5.43 Å². The zero-order valence-corrected chi connectivity index (χ0v) is 17.6. The second kappa shape index (κ2) is 9.82. The number of hydrogen-bond acceptors (Lipinski definition) is 6. The zero-order valence-electron chi connectivity index (χ0n) is 16.7.